The first kappa shape index (κ1) is 13.1. The molecule has 0 spiro atoms. The molecule has 2 aromatic rings. The third kappa shape index (κ3) is 2.31. The summed E-state index contributed by atoms with van der Waals surface area (Å²) >= 11 is 6.27. The fourth-order valence-electron chi connectivity index (χ4n) is 3.62. The SMILES string of the molecule is Clc1cnccc1N1CC[C@@H](n2cnc3c2CCCC3)C1. The molecule has 4 nitrogen and oxygen atoms in total. The number of imidazole rings is 1. The molecular formula is C16H19ClN4. The molecule has 0 N–H and O–H groups in total. The summed E-state index contributed by atoms with van der Waals surface area (Å²) in [6.07, 6.45) is 11.7. The molecule has 0 aromatic carbocycles. The van der Waals surface area contributed by atoms with Crippen LogP contribution in [-0.2, 0) is 12.8 Å². The Hall–Kier alpha value is -1.55. The van der Waals surface area contributed by atoms with Gasteiger partial charge in [-0.3, -0.25) is 4.98 Å². The molecule has 0 bridgehead atoms. The largest absolute Gasteiger partial charge is 0.368 e. The lowest BCUT2D eigenvalue weighted by Crippen LogP contribution is -2.22. The van der Waals surface area contributed by atoms with Crippen LogP contribution in [0.3, 0.4) is 0 Å². The van der Waals surface area contributed by atoms with Gasteiger partial charge in [0.15, 0.2) is 0 Å². The van der Waals surface area contributed by atoms with Gasteiger partial charge in [-0.1, -0.05) is 11.6 Å². The highest BCUT2D eigenvalue weighted by molar-refractivity contribution is 6.33. The van der Waals surface area contributed by atoms with Crippen LogP contribution >= 0.6 is 11.6 Å². The predicted octanol–water partition coefficient (Wildman–Crippen LogP) is 3.26. The second-order valence-corrected chi connectivity index (χ2v) is 6.38. The van der Waals surface area contributed by atoms with Gasteiger partial charge in [0.05, 0.1) is 28.8 Å². The van der Waals surface area contributed by atoms with Gasteiger partial charge in [-0.15, -0.1) is 0 Å². The van der Waals surface area contributed by atoms with Crippen molar-refractivity contribution in [1.82, 2.24) is 14.5 Å². The second kappa shape index (κ2) is 5.34. The molecule has 1 aliphatic heterocycles. The van der Waals surface area contributed by atoms with E-state index in [0.717, 1.165) is 36.6 Å². The number of aryl methyl sites for hydroxylation is 1. The second-order valence-electron chi connectivity index (χ2n) is 5.97. The van der Waals surface area contributed by atoms with Crippen LogP contribution in [0.15, 0.2) is 24.8 Å². The van der Waals surface area contributed by atoms with E-state index in [0.29, 0.717) is 6.04 Å². The monoisotopic (exact) mass is 302 g/mol. The van der Waals surface area contributed by atoms with Gasteiger partial charge in [0.1, 0.15) is 0 Å². The van der Waals surface area contributed by atoms with Crippen molar-refractivity contribution < 1.29 is 0 Å². The highest BCUT2D eigenvalue weighted by Crippen LogP contribution is 2.33. The average Bonchev–Trinajstić information content (AvgIpc) is 3.14. The molecule has 0 unspecified atom stereocenters. The van der Waals surface area contributed by atoms with Crippen molar-refractivity contribution in [3.8, 4) is 0 Å². The molecule has 4 rings (SSSR count). The summed E-state index contributed by atoms with van der Waals surface area (Å²) in [5.41, 5.74) is 3.89. The molecule has 1 atom stereocenters. The Balaban J connectivity index is 1.57. The first-order valence-corrected chi connectivity index (χ1v) is 8.10. The standard InChI is InChI=1S/C16H19ClN4/c17-13-9-18-7-5-15(13)20-8-6-12(10-20)21-11-19-14-3-1-2-4-16(14)21/h5,7,9,11-12H,1-4,6,8,10H2/t12-/m1/s1. The van der Waals surface area contributed by atoms with Crippen molar-refractivity contribution in [2.24, 2.45) is 0 Å². The van der Waals surface area contributed by atoms with E-state index >= 15 is 0 Å². The van der Waals surface area contributed by atoms with Gasteiger partial charge in [-0.2, -0.15) is 0 Å². The van der Waals surface area contributed by atoms with Gasteiger partial charge < -0.3 is 9.47 Å². The number of fused-ring (bicyclic) bond motifs is 1. The lowest BCUT2D eigenvalue weighted by atomic mass is 10.0. The van der Waals surface area contributed by atoms with Crippen LogP contribution in [0.25, 0.3) is 0 Å². The number of aromatic nitrogens is 3. The molecular weight excluding hydrogens is 284 g/mol. The van der Waals surface area contributed by atoms with Crippen molar-refractivity contribution >= 4 is 17.3 Å². The highest BCUT2D eigenvalue weighted by atomic mass is 35.5. The summed E-state index contributed by atoms with van der Waals surface area (Å²) in [5.74, 6) is 0. The minimum absolute atomic E-state index is 0.517. The van der Waals surface area contributed by atoms with E-state index in [1.807, 2.05) is 12.3 Å². The van der Waals surface area contributed by atoms with E-state index < -0.39 is 0 Å². The lowest BCUT2D eigenvalue weighted by Gasteiger charge is -2.22. The molecule has 2 aliphatic rings. The molecule has 110 valence electrons. The zero-order valence-corrected chi connectivity index (χ0v) is 12.8. The quantitative estimate of drug-likeness (QED) is 0.854. The third-order valence-electron chi connectivity index (χ3n) is 4.71. The number of anilines is 1. The zero-order valence-electron chi connectivity index (χ0n) is 12.0. The van der Waals surface area contributed by atoms with Crippen LogP contribution in [0.1, 0.15) is 36.7 Å². The summed E-state index contributed by atoms with van der Waals surface area (Å²) in [4.78, 5) is 11.1. The molecule has 0 saturated carbocycles. The number of pyridine rings is 1. The van der Waals surface area contributed by atoms with Crippen molar-refractivity contribution in [3.63, 3.8) is 0 Å². The lowest BCUT2D eigenvalue weighted by molar-refractivity contribution is 0.515. The van der Waals surface area contributed by atoms with Gasteiger partial charge in [0, 0.05) is 31.2 Å². The van der Waals surface area contributed by atoms with Gasteiger partial charge in [0.2, 0.25) is 0 Å². The summed E-state index contributed by atoms with van der Waals surface area (Å²) < 4.78 is 2.42. The van der Waals surface area contributed by atoms with E-state index in [4.69, 9.17) is 11.6 Å². The van der Waals surface area contributed by atoms with Crippen molar-refractivity contribution in [2.75, 3.05) is 18.0 Å². The molecule has 1 fully saturated rings. The van der Waals surface area contributed by atoms with Gasteiger partial charge >= 0.3 is 0 Å². The Bertz CT molecular complexity index is 651. The normalized spacial score (nSPS) is 21.6. The molecule has 0 amide bonds. The fraction of sp³-hybridized carbons (Fsp3) is 0.500. The maximum atomic E-state index is 6.27. The smallest absolute Gasteiger partial charge is 0.0954 e. The van der Waals surface area contributed by atoms with Crippen LogP contribution in [0.2, 0.25) is 5.02 Å². The van der Waals surface area contributed by atoms with E-state index in [1.165, 1.54) is 30.7 Å². The van der Waals surface area contributed by atoms with Crippen molar-refractivity contribution in [2.45, 2.75) is 38.1 Å². The summed E-state index contributed by atoms with van der Waals surface area (Å²) in [6.45, 7) is 2.05. The maximum absolute atomic E-state index is 6.27. The molecule has 5 heteroatoms. The Kier molecular flexibility index (Phi) is 3.34. The predicted molar refractivity (Wildman–Crippen MR) is 84.0 cm³/mol. The van der Waals surface area contributed by atoms with E-state index in [2.05, 4.69) is 25.8 Å². The number of rotatable bonds is 2. The Morgan fingerprint density at radius 2 is 2.14 bits per heavy atom. The Morgan fingerprint density at radius 1 is 1.24 bits per heavy atom. The van der Waals surface area contributed by atoms with Crippen molar-refractivity contribution in [1.29, 1.82) is 0 Å². The minimum Gasteiger partial charge on any atom is -0.368 e. The average molecular weight is 303 g/mol. The zero-order chi connectivity index (χ0) is 14.2. The number of nitrogens with zero attached hydrogens (tertiary/aromatic N) is 4. The van der Waals surface area contributed by atoms with Crippen molar-refractivity contribution in [3.05, 3.63) is 41.2 Å². The van der Waals surface area contributed by atoms with Crippen LogP contribution < -0.4 is 4.90 Å². The summed E-state index contributed by atoms with van der Waals surface area (Å²) in [6, 6.07) is 2.53. The van der Waals surface area contributed by atoms with Crippen LogP contribution in [0, 0.1) is 0 Å². The molecule has 3 heterocycles. The first-order chi connectivity index (χ1) is 10.3. The highest BCUT2D eigenvalue weighted by Gasteiger charge is 2.28. The van der Waals surface area contributed by atoms with Gasteiger partial charge in [-0.05, 0) is 38.2 Å². The molecule has 2 aromatic heterocycles. The topological polar surface area (TPSA) is 34.0 Å². The van der Waals surface area contributed by atoms with Crippen LogP contribution in [0.4, 0.5) is 5.69 Å². The summed E-state index contributed by atoms with van der Waals surface area (Å²) in [5, 5.41) is 0.741. The maximum Gasteiger partial charge on any atom is 0.0954 e. The Morgan fingerprint density at radius 3 is 3.05 bits per heavy atom. The third-order valence-corrected chi connectivity index (χ3v) is 5.00. The molecule has 1 saturated heterocycles. The molecule has 1 aliphatic carbocycles. The number of hydrogen-bond donors (Lipinski definition) is 0. The van der Waals surface area contributed by atoms with Crippen LogP contribution in [-0.4, -0.2) is 27.6 Å². The number of halogens is 1. The molecule has 21 heavy (non-hydrogen) atoms. The van der Waals surface area contributed by atoms with E-state index in [-0.39, 0.29) is 0 Å². The van der Waals surface area contributed by atoms with E-state index in [1.54, 1.807) is 6.20 Å². The molecule has 0 radical (unpaired) electrons. The first-order valence-electron chi connectivity index (χ1n) is 7.72. The van der Waals surface area contributed by atoms with E-state index in [9.17, 15) is 0 Å². The van der Waals surface area contributed by atoms with Gasteiger partial charge in [-0.25, -0.2) is 4.98 Å². The summed E-state index contributed by atoms with van der Waals surface area (Å²) in [7, 11) is 0. The van der Waals surface area contributed by atoms with Gasteiger partial charge in [0.25, 0.3) is 0 Å². The Labute approximate surface area is 129 Å². The minimum atomic E-state index is 0.517. The fourth-order valence-corrected chi connectivity index (χ4v) is 3.86. The van der Waals surface area contributed by atoms with Crippen LogP contribution in [0.5, 0.6) is 0 Å². The number of hydrogen-bond acceptors (Lipinski definition) is 3.